The van der Waals surface area contributed by atoms with Crippen molar-refractivity contribution in [2.75, 3.05) is 18.4 Å². The molecule has 0 radical (unpaired) electrons. The van der Waals surface area contributed by atoms with Crippen molar-refractivity contribution in [3.8, 4) is 0 Å². The Morgan fingerprint density at radius 3 is 2.68 bits per heavy atom. The summed E-state index contributed by atoms with van der Waals surface area (Å²) in [5.74, 6) is 0.683. The third kappa shape index (κ3) is 4.45. The summed E-state index contributed by atoms with van der Waals surface area (Å²) in [6.07, 6.45) is 0.993. The lowest BCUT2D eigenvalue weighted by atomic mass is 10.2. The number of para-hydroxylation sites is 3. The Bertz CT molecular complexity index is 824. The second-order valence-electron chi connectivity index (χ2n) is 6.29. The smallest absolute Gasteiger partial charge is 0.279 e. The van der Waals surface area contributed by atoms with Crippen LogP contribution in [0.4, 0.5) is 5.69 Å². The molecule has 0 aliphatic heterocycles. The Hall–Kier alpha value is -2.66. The van der Waals surface area contributed by atoms with Gasteiger partial charge in [-0.25, -0.2) is 4.98 Å². The van der Waals surface area contributed by atoms with Gasteiger partial charge in [0.05, 0.1) is 6.54 Å². The van der Waals surface area contributed by atoms with E-state index in [0.29, 0.717) is 19.0 Å². The van der Waals surface area contributed by atoms with Crippen molar-refractivity contribution in [1.82, 2.24) is 4.98 Å². The molecule has 2 aromatic carbocycles. The maximum absolute atomic E-state index is 12.4. The summed E-state index contributed by atoms with van der Waals surface area (Å²) in [4.78, 5) is 18.1. The molecule has 0 fully saturated rings. The van der Waals surface area contributed by atoms with Gasteiger partial charge in [0.15, 0.2) is 18.7 Å². The first-order valence-corrected chi connectivity index (χ1v) is 8.69. The van der Waals surface area contributed by atoms with Crippen molar-refractivity contribution in [1.29, 1.82) is 0 Å². The van der Waals surface area contributed by atoms with E-state index in [1.54, 1.807) is 0 Å². The highest BCUT2D eigenvalue weighted by Crippen LogP contribution is 2.14. The number of rotatable bonds is 7. The van der Waals surface area contributed by atoms with Crippen molar-refractivity contribution in [2.45, 2.75) is 26.8 Å². The number of aryl methyl sites for hydroxylation is 1. The highest BCUT2D eigenvalue weighted by atomic mass is 16.3. The molecule has 1 atom stereocenters. The first-order chi connectivity index (χ1) is 12.2. The molecule has 130 valence electrons. The minimum atomic E-state index is 0.00820. The lowest BCUT2D eigenvalue weighted by Crippen LogP contribution is -3.11. The first-order valence-electron chi connectivity index (χ1n) is 8.69. The van der Waals surface area contributed by atoms with Crippen LogP contribution in [0.1, 0.15) is 24.8 Å². The van der Waals surface area contributed by atoms with Crippen LogP contribution in [0.15, 0.2) is 52.9 Å². The molecule has 1 unspecified atom stereocenters. The predicted molar refractivity (Wildman–Crippen MR) is 98.5 cm³/mol. The van der Waals surface area contributed by atoms with Crippen LogP contribution in [0.25, 0.3) is 11.1 Å². The van der Waals surface area contributed by atoms with Crippen LogP contribution in [0, 0.1) is 6.92 Å². The second-order valence-corrected chi connectivity index (χ2v) is 6.29. The molecule has 5 nitrogen and oxygen atoms in total. The molecule has 1 heterocycles. The SMILES string of the molecule is CCC[NH+](CC(=O)Nc1ccccc1C)Cc1nc2ccccc2o1. The zero-order chi connectivity index (χ0) is 17.6. The normalized spacial score (nSPS) is 12.2. The number of carbonyl (C=O) groups is 1. The van der Waals surface area contributed by atoms with Crippen LogP contribution in [0.3, 0.4) is 0 Å². The molecule has 3 aromatic rings. The molecule has 0 spiro atoms. The summed E-state index contributed by atoms with van der Waals surface area (Å²) in [5.41, 5.74) is 3.58. The van der Waals surface area contributed by atoms with Crippen molar-refractivity contribution in [3.05, 3.63) is 60.0 Å². The van der Waals surface area contributed by atoms with Crippen molar-refractivity contribution in [3.63, 3.8) is 0 Å². The monoisotopic (exact) mass is 338 g/mol. The Labute approximate surface area is 147 Å². The zero-order valence-corrected chi connectivity index (χ0v) is 14.7. The maximum atomic E-state index is 12.4. The van der Waals surface area contributed by atoms with E-state index in [0.717, 1.165) is 40.2 Å². The number of hydrogen-bond acceptors (Lipinski definition) is 3. The third-order valence-electron chi connectivity index (χ3n) is 4.17. The average molecular weight is 338 g/mol. The van der Waals surface area contributed by atoms with E-state index in [4.69, 9.17) is 4.42 Å². The number of nitrogens with one attached hydrogen (secondary N) is 2. The molecule has 25 heavy (non-hydrogen) atoms. The van der Waals surface area contributed by atoms with Crippen molar-refractivity contribution in [2.24, 2.45) is 0 Å². The maximum Gasteiger partial charge on any atom is 0.279 e. The van der Waals surface area contributed by atoms with E-state index in [2.05, 4.69) is 17.2 Å². The number of amides is 1. The van der Waals surface area contributed by atoms with E-state index in [1.165, 1.54) is 0 Å². The van der Waals surface area contributed by atoms with Crippen molar-refractivity contribution >= 4 is 22.7 Å². The summed E-state index contributed by atoms with van der Waals surface area (Å²) in [5, 5.41) is 3.00. The fourth-order valence-corrected chi connectivity index (χ4v) is 2.94. The molecule has 5 heteroatoms. The number of anilines is 1. The zero-order valence-electron chi connectivity index (χ0n) is 14.7. The van der Waals surface area contributed by atoms with Gasteiger partial charge < -0.3 is 14.6 Å². The van der Waals surface area contributed by atoms with Crippen LogP contribution in [-0.2, 0) is 11.3 Å². The molecule has 0 saturated heterocycles. The average Bonchev–Trinajstić information content (AvgIpc) is 2.99. The van der Waals surface area contributed by atoms with Gasteiger partial charge in [-0.15, -0.1) is 0 Å². The topological polar surface area (TPSA) is 59.6 Å². The summed E-state index contributed by atoms with van der Waals surface area (Å²) in [6, 6.07) is 15.5. The molecule has 0 bridgehead atoms. The third-order valence-corrected chi connectivity index (χ3v) is 4.17. The van der Waals surface area contributed by atoms with Gasteiger partial charge in [-0.2, -0.15) is 0 Å². The van der Waals surface area contributed by atoms with Crippen LogP contribution in [0.2, 0.25) is 0 Å². The summed E-state index contributed by atoms with van der Waals surface area (Å²) >= 11 is 0. The lowest BCUT2D eigenvalue weighted by Gasteiger charge is -2.17. The Balaban J connectivity index is 1.66. The number of aromatic nitrogens is 1. The van der Waals surface area contributed by atoms with Gasteiger partial charge in [0, 0.05) is 5.69 Å². The molecule has 0 saturated carbocycles. The number of benzene rings is 2. The van der Waals surface area contributed by atoms with E-state index in [-0.39, 0.29) is 5.91 Å². The molecule has 1 aromatic heterocycles. The first kappa shape index (κ1) is 17.2. The minimum absolute atomic E-state index is 0.00820. The van der Waals surface area contributed by atoms with Crippen molar-refractivity contribution < 1.29 is 14.1 Å². The lowest BCUT2D eigenvalue weighted by molar-refractivity contribution is -0.907. The van der Waals surface area contributed by atoms with E-state index in [9.17, 15) is 4.79 Å². The molecule has 2 N–H and O–H groups in total. The van der Waals surface area contributed by atoms with E-state index in [1.807, 2.05) is 55.5 Å². The van der Waals surface area contributed by atoms with Crippen LogP contribution < -0.4 is 10.2 Å². The number of quaternary nitrogens is 1. The molecular formula is C20H24N3O2+. The number of fused-ring (bicyclic) bond motifs is 1. The van der Waals surface area contributed by atoms with Gasteiger partial charge in [-0.3, -0.25) is 4.79 Å². The number of nitrogens with zero attached hydrogens (tertiary/aromatic N) is 1. The molecule has 1 amide bonds. The van der Waals surface area contributed by atoms with Crippen LogP contribution in [-0.4, -0.2) is 24.0 Å². The fraction of sp³-hybridized carbons (Fsp3) is 0.300. The van der Waals surface area contributed by atoms with Gasteiger partial charge in [0.25, 0.3) is 11.8 Å². The standard InChI is InChI=1S/C20H23N3O2/c1-3-12-23(13-19(24)21-16-9-5-4-8-15(16)2)14-20-22-17-10-6-7-11-18(17)25-20/h4-11H,3,12-14H2,1-2H3,(H,21,24)/p+1. The van der Waals surface area contributed by atoms with Crippen LogP contribution >= 0.6 is 0 Å². The largest absolute Gasteiger partial charge is 0.435 e. The van der Waals surface area contributed by atoms with E-state index < -0.39 is 0 Å². The summed E-state index contributed by atoms with van der Waals surface area (Å²) in [6.45, 7) is 5.99. The molecule has 0 aliphatic rings. The number of hydrogen-bond donors (Lipinski definition) is 2. The van der Waals surface area contributed by atoms with Gasteiger partial charge in [-0.1, -0.05) is 37.3 Å². The second kappa shape index (κ2) is 7.94. The van der Waals surface area contributed by atoms with Crippen LogP contribution in [0.5, 0.6) is 0 Å². The van der Waals surface area contributed by atoms with Gasteiger partial charge >= 0.3 is 0 Å². The molecule has 3 rings (SSSR count). The molecule has 0 aliphatic carbocycles. The number of carbonyl (C=O) groups excluding carboxylic acids is 1. The minimum Gasteiger partial charge on any atom is -0.435 e. The Morgan fingerprint density at radius 2 is 1.92 bits per heavy atom. The fourth-order valence-electron chi connectivity index (χ4n) is 2.94. The Kier molecular flexibility index (Phi) is 5.46. The highest BCUT2D eigenvalue weighted by molar-refractivity contribution is 5.92. The Morgan fingerprint density at radius 1 is 1.16 bits per heavy atom. The number of oxazole rings is 1. The predicted octanol–water partition coefficient (Wildman–Crippen LogP) is 2.57. The quantitative estimate of drug-likeness (QED) is 0.696. The summed E-state index contributed by atoms with van der Waals surface area (Å²) < 4.78 is 5.80. The highest BCUT2D eigenvalue weighted by Gasteiger charge is 2.18. The van der Waals surface area contributed by atoms with Gasteiger partial charge in [0.2, 0.25) is 0 Å². The summed E-state index contributed by atoms with van der Waals surface area (Å²) in [7, 11) is 0. The van der Waals surface area contributed by atoms with Gasteiger partial charge in [0.1, 0.15) is 5.52 Å². The molecular weight excluding hydrogens is 314 g/mol. The van der Waals surface area contributed by atoms with E-state index >= 15 is 0 Å². The van der Waals surface area contributed by atoms with Gasteiger partial charge in [-0.05, 0) is 37.1 Å².